The molecule has 0 aromatic heterocycles. The van der Waals surface area contributed by atoms with E-state index in [2.05, 4.69) is 5.32 Å². The summed E-state index contributed by atoms with van der Waals surface area (Å²) in [6.07, 6.45) is 0.875. The van der Waals surface area contributed by atoms with Gasteiger partial charge in [0.2, 0.25) is 5.91 Å². The number of rotatable bonds is 1. The Bertz CT molecular complexity index is 110. The zero-order chi connectivity index (χ0) is 8.69. The van der Waals surface area contributed by atoms with Crippen LogP contribution in [0.15, 0.2) is 0 Å². The smallest absolute Gasteiger partial charge is 0.225 e. The molecular formula is C7H15NO3. The standard InChI is InChI=1S/C6H11NO2.CH4O/c1-7-6(8)5-2-3-9-4-5;1-2/h5H,2-4H2,1H3,(H,7,8);2H,1H3/t5-;/m1./s1. The number of hydrogen-bond donors (Lipinski definition) is 2. The average Bonchev–Trinajstić information content (AvgIpc) is 2.59. The molecule has 1 saturated heterocycles. The quantitative estimate of drug-likeness (QED) is 0.538. The average molecular weight is 161 g/mol. The van der Waals surface area contributed by atoms with Gasteiger partial charge in [0.25, 0.3) is 0 Å². The normalized spacial score (nSPS) is 21.9. The van der Waals surface area contributed by atoms with Crippen molar-refractivity contribution >= 4 is 5.91 Å². The summed E-state index contributed by atoms with van der Waals surface area (Å²) in [7, 11) is 2.65. The number of nitrogens with one attached hydrogen (secondary N) is 1. The van der Waals surface area contributed by atoms with Crippen LogP contribution in [0.5, 0.6) is 0 Å². The van der Waals surface area contributed by atoms with Crippen molar-refractivity contribution in [3.05, 3.63) is 0 Å². The van der Waals surface area contributed by atoms with Gasteiger partial charge in [0.05, 0.1) is 12.5 Å². The van der Waals surface area contributed by atoms with Crippen LogP contribution < -0.4 is 5.32 Å². The zero-order valence-corrected chi connectivity index (χ0v) is 6.96. The maximum atomic E-state index is 10.8. The Balaban J connectivity index is 0.000000461. The van der Waals surface area contributed by atoms with Crippen molar-refractivity contribution in [3.63, 3.8) is 0 Å². The van der Waals surface area contributed by atoms with Crippen molar-refractivity contribution in [2.45, 2.75) is 6.42 Å². The van der Waals surface area contributed by atoms with Crippen molar-refractivity contribution in [2.75, 3.05) is 27.4 Å². The second kappa shape index (κ2) is 6.12. The fourth-order valence-corrected chi connectivity index (χ4v) is 0.945. The van der Waals surface area contributed by atoms with E-state index >= 15 is 0 Å². The fourth-order valence-electron chi connectivity index (χ4n) is 0.945. The second-order valence-corrected chi connectivity index (χ2v) is 2.17. The largest absolute Gasteiger partial charge is 0.400 e. The summed E-state index contributed by atoms with van der Waals surface area (Å²) in [6.45, 7) is 1.33. The third kappa shape index (κ3) is 3.34. The third-order valence-corrected chi connectivity index (χ3v) is 1.55. The lowest BCUT2D eigenvalue weighted by Gasteiger charge is -2.02. The van der Waals surface area contributed by atoms with Gasteiger partial charge in [0.1, 0.15) is 0 Å². The molecule has 0 aliphatic carbocycles. The number of aliphatic hydroxyl groups is 1. The lowest BCUT2D eigenvalue weighted by molar-refractivity contribution is -0.124. The van der Waals surface area contributed by atoms with Crippen LogP contribution in [-0.2, 0) is 9.53 Å². The van der Waals surface area contributed by atoms with Gasteiger partial charge >= 0.3 is 0 Å². The molecule has 1 rings (SSSR count). The van der Waals surface area contributed by atoms with Crippen molar-refractivity contribution < 1.29 is 14.6 Å². The summed E-state index contributed by atoms with van der Waals surface area (Å²) in [4.78, 5) is 10.8. The van der Waals surface area contributed by atoms with Crippen molar-refractivity contribution in [1.82, 2.24) is 5.32 Å². The Kier molecular flexibility index (Phi) is 5.78. The van der Waals surface area contributed by atoms with E-state index in [1.54, 1.807) is 7.05 Å². The Morgan fingerprint density at radius 2 is 2.27 bits per heavy atom. The van der Waals surface area contributed by atoms with Gasteiger partial charge in [-0.3, -0.25) is 4.79 Å². The van der Waals surface area contributed by atoms with Crippen LogP contribution >= 0.6 is 0 Å². The summed E-state index contributed by atoms with van der Waals surface area (Å²) in [6, 6.07) is 0. The molecule has 1 fully saturated rings. The van der Waals surface area contributed by atoms with Crippen LogP contribution in [0.4, 0.5) is 0 Å². The molecule has 4 nitrogen and oxygen atoms in total. The highest BCUT2D eigenvalue weighted by Crippen LogP contribution is 2.11. The highest BCUT2D eigenvalue weighted by molar-refractivity contribution is 5.78. The molecule has 0 aromatic carbocycles. The molecule has 66 valence electrons. The van der Waals surface area contributed by atoms with E-state index in [1.807, 2.05) is 0 Å². The summed E-state index contributed by atoms with van der Waals surface area (Å²) in [5, 5.41) is 9.59. The van der Waals surface area contributed by atoms with Crippen molar-refractivity contribution in [2.24, 2.45) is 5.92 Å². The van der Waals surface area contributed by atoms with Crippen LogP contribution in [0.25, 0.3) is 0 Å². The highest BCUT2D eigenvalue weighted by Gasteiger charge is 2.21. The predicted molar refractivity (Wildman–Crippen MR) is 41.1 cm³/mol. The molecule has 1 heterocycles. The van der Waals surface area contributed by atoms with E-state index < -0.39 is 0 Å². The molecular weight excluding hydrogens is 146 g/mol. The van der Waals surface area contributed by atoms with Gasteiger partial charge < -0.3 is 15.2 Å². The first-order chi connectivity index (χ1) is 5.34. The maximum Gasteiger partial charge on any atom is 0.225 e. The van der Waals surface area contributed by atoms with Crippen molar-refractivity contribution in [3.8, 4) is 0 Å². The van der Waals surface area contributed by atoms with Crippen LogP contribution in [0.1, 0.15) is 6.42 Å². The van der Waals surface area contributed by atoms with Crippen LogP contribution in [-0.4, -0.2) is 38.4 Å². The lowest BCUT2D eigenvalue weighted by Crippen LogP contribution is -2.27. The summed E-state index contributed by atoms with van der Waals surface area (Å²) >= 11 is 0. The Labute approximate surface area is 66.5 Å². The minimum atomic E-state index is 0.104. The SMILES string of the molecule is CNC(=O)[C@@H]1CCOC1.CO. The monoisotopic (exact) mass is 161 g/mol. The van der Waals surface area contributed by atoms with E-state index in [1.165, 1.54) is 0 Å². The molecule has 1 atom stereocenters. The summed E-state index contributed by atoms with van der Waals surface area (Å²) < 4.78 is 5.02. The fraction of sp³-hybridized carbons (Fsp3) is 0.857. The Morgan fingerprint density at radius 3 is 2.64 bits per heavy atom. The molecule has 4 heteroatoms. The zero-order valence-electron chi connectivity index (χ0n) is 6.96. The molecule has 0 bridgehead atoms. The van der Waals surface area contributed by atoms with Gasteiger partial charge in [-0.25, -0.2) is 0 Å². The van der Waals surface area contributed by atoms with Gasteiger partial charge in [0.15, 0.2) is 0 Å². The lowest BCUT2D eigenvalue weighted by atomic mass is 10.1. The molecule has 0 unspecified atom stereocenters. The van der Waals surface area contributed by atoms with Crippen molar-refractivity contribution in [1.29, 1.82) is 0 Å². The van der Waals surface area contributed by atoms with Crippen LogP contribution in [0.3, 0.4) is 0 Å². The molecule has 2 N–H and O–H groups in total. The highest BCUT2D eigenvalue weighted by atomic mass is 16.5. The van der Waals surface area contributed by atoms with E-state index in [0.717, 1.165) is 20.1 Å². The van der Waals surface area contributed by atoms with E-state index in [4.69, 9.17) is 9.84 Å². The van der Waals surface area contributed by atoms with Gasteiger partial charge in [-0.15, -0.1) is 0 Å². The Morgan fingerprint density at radius 1 is 1.64 bits per heavy atom. The summed E-state index contributed by atoms with van der Waals surface area (Å²) in [5.41, 5.74) is 0. The number of carbonyl (C=O) groups excluding carboxylic acids is 1. The van der Waals surface area contributed by atoms with E-state index in [-0.39, 0.29) is 11.8 Å². The number of hydrogen-bond acceptors (Lipinski definition) is 3. The molecule has 1 amide bonds. The summed E-state index contributed by atoms with van der Waals surface area (Å²) in [5.74, 6) is 0.211. The first-order valence-corrected chi connectivity index (χ1v) is 3.58. The minimum Gasteiger partial charge on any atom is -0.400 e. The molecule has 0 aromatic rings. The first kappa shape index (κ1) is 10.4. The maximum absolute atomic E-state index is 10.8. The second-order valence-electron chi connectivity index (χ2n) is 2.17. The minimum absolute atomic E-state index is 0.104. The van der Waals surface area contributed by atoms with E-state index in [9.17, 15) is 4.79 Å². The number of amides is 1. The van der Waals surface area contributed by atoms with Crippen LogP contribution in [0.2, 0.25) is 0 Å². The van der Waals surface area contributed by atoms with Gasteiger partial charge in [-0.2, -0.15) is 0 Å². The molecule has 0 spiro atoms. The number of ether oxygens (including phenoxy) is 1. The van der Waals surface area contributed by atoms with Crippen LogP contribution in [0, 0.1) is 5.92 Å². The molecule has 0 saturated carbocycles. The van der Waals surface area contributed by atoms with E-state index in [0.29, 0.717) is 6.61 Å². The predicted octanol–water partition coefficient (Wildman–Crippen LogP) is -0.623. The topological polar surface area (TPSA) is 58.6 Å². The molecule has 0 radical (unpaired) electrons. The first-order valence-electron chi connectivity index (χ1n) is 3.58. The molecule has 11 heavy (non-hydrogen) atoms. The molecule has 1 aliphatic heterocycles. The number of carbonyl (C=O) groups is 1. The van der Waals surface area contributed by atoms with Gasteiger partial charge in [0, 0.05) is 20.8 Å². The van der Waals surface area contributed by atoms with Gasteiger partial charge in [-0.05, 0) is 6.42 Å². The number of aliphatic hydroxyl groups excluding tert-OH is 1. The molecule has 1 aliphatic rings. The Hall–Kier alpha value is -0.610. The third-order valence-electron chi connectivity index (χ3n) is 1.55. The van der Waals surface area contributed by atoms with Gasteiger partial charge in [-0.1, -0.05) is 0 Å².